The van der Waals surface area contributed by atoms with Crippen LogP contribution in [0.4, 0.5) is 0 Å². The van der Waals surface area contributed by atoms with E-state index in [9.17, 15) is 4.79 Å². The highest BCUT2D eigenvalue weighted by atomic mass is 35.5. The molecule has 0 aliphatic rings. The molecule has 0 atom stereocenters. The summed E-state index contributed by atoms with van der Waals surface area (Å²) in [7, 11) is 0. The first-order valence-corrected chi connectivity index (χ1v) is 1.83. The van der Waals surface area contributed by atoms with E-state index in [4.69, 9.17) is 11.6 Å². The first-order valence-electron chi connectivity index (χ1n) is 1.45. The number of carbonyl (C=O) groups is 1. The zero-order chi connectivity index (χ0) is 4.28. The molecule has 3 N–H and O–H groups in total. The Labute approximate surface area is 42.1 Å². The molecule has 0 saturated heterocycles. The van der Waals surface area contributed by atoms with Gasteiger partial charge < -0.3 is 6.15 Å². The van der Waals surface area contributed by atoms with Crippen LogP contribution >= 0.6 is 11.6 Å². The van der Waals surface area contributed by atoms with Gasteiger partial charge in [-0.15, -0.1) is 0 Å². The lowest BCUT2D eigenvalue weighted by Gasteiger charge is -1.68. The number of hydrogen-bond acceptors (Lipinski definition) is 2. The second kappa shape index (κ2) is 4.92. The molecule has 0 rings (SSSR count). The van der Waals surface area contributed by atoms with Gasteiger partial charge in [-0.25, -0.2) is 0 Å². The van der Waals surface area contributed by atoms with Crippen molar-refractivity contribution >= 4 is 16.8 Å². The van der Waals surface area contributed by atoms with Crippen LogP contribution in [0, 0.1) is 0 Å². The Bertz CT molecular complexity index is 46.1. The van der Waals surface area contributed by atoms with Crippen molar-refractivity contribution in [2.45, 2.75) is 13.3 Å². The summed E-state index contributed by atoms with van der Waals surface area (Å²) < 4.78 is 0. The molecular weight excluding hydrogens is 101 g/mol. The minimum Gasteiger partial charge on any atom is -0.344 e. The zero-order valence-corrected chi connectivity index (χ0v) is 4.46. The molecule has 6 heavy (non-hydrogen) atoms. The van der Waals surface area contributed by atoms with Crippen LogP contribution in [-0.2, 0) is 4.79 Å². The first kappa shape index (κ1) is 9.33. The van der Waals surface area contributed by atoms with Crippen molar-refractivity contribution in [3.63, 3.8) is 0 Å². The molecule has 0 radical (unpaired) electrons. The second-order valence-electron chi connectivity index (χ2n) is 0.709. The lowest BCUT2D eigenvalue weighted by atomic mass is 10.6. The van der Waals surface area contributed by atoms with Gasteiger partial charge in [0, 0.05) is 6.42 Å². The molecule has 2 nitrogen and oxygen atoms in total. The molecule has 0 spiro atoms. The van der Waals surface area contributed by atoms with Gasteiger partial charge in [0.25, 0.3) is 0 Å². The summed E-state index contributed by atoms with van der Waals surface area (Å²) in [4.78, 5) is 9.58. The Morgan fingerprint density at radius 3 is 2.00 bits per heavy atom. The fourth-order valence-electron chi connectivity index (χ4n) is 0. The van der Waals surface area contributed by atoms with Gasteiger partial charge in [-0.3, -0.25) is 4.79 Å². The van der Waals surface area contributed by atoms with Crippen molar-refractivity contribution in [2.24, 2.45) is 0 Å². The van der Waals surface area contributed by atoms with E-state index in [2.05, 4.69) is 0 Å². The van der Waals surface area contributed by atoms with Crippen LogP contribution in [0.1, 0.15) is 13.3 Å². The SMILES string of the molecule is CCC(=O)Cl.N. The van der Waals surface area contributed by atoms with E-state index in [1.165, 1.54) is 0 Å². The highest BCUT2D eigenvalue weighted by Crippen LogP contribution is 1.81. The molecule has 0 amide bonds. The van der Waals surface area contributed by atoms with E-state index in [1.807, 2.05) is 0 Å². The molecule has 0 fully saturated rings. The van der Waals surface area contributed by atoms with Crippen molar-refractivity contribution in [3.05, 3.63) is 0 Å². The molecule has 0 aliphatic carbocycles. The van der Waals surface area contributed by atoms with Crippen LogP contribution in [0.5, 0.6) is 0 Å². The molecule has 0 heterocycles. The monoisotopic (exact) mass is 109 g/mol. The molecule has 0 aromatic heterocycles. The lowest BCUT2D eigenvalue weighted by molar-refractivity contribution is -0.111. The van der Waals surface area contributed by atoms with E-state index in [1.54, 1.807) is 6.92 Å². The molecular formula is C3H8ClNO. The quantitative estimate of drug-likeness (QED) is 0.517. The van der Waals surface area contributed by atoms with Gasteiger partial charge >= 0.3 is 0 Å². The van der Waals surface area contributed by atoms with Gasteiger partial charge in [0.2, 0.25) is 5.24 Å². The second-order valence-corrected chi connectivity index (χ2v) is 1.13. The molecule has 0 saturated carbocycles. The first-order chi connectivity index (χ1) is 2.27. The molecule has 0 aliphatic heterocycles. The standard InChI is InChI=1S/C3H5ClO.H3N/c1-2-3(4)5;/h2H2,1H3;1H3. The zero-order valence-electron chi connectivity index (χ0n) is 3.70. The summed E-state index contributed by atoms with van der Waals surface area (Å²) >= 11 is 4.82. The van der Waals surface area contributed by atoms with Crippen LogP contribution in [-0.4, -0.2) is 5.24 Å². The predicted molar refractivity (Wildman–Crippen MR) is 26.2 cm³/mol. The highest BCUT2D eigenvalue weighted by molar-refractivity contribution is 6.63. The molecule has 0 aromatic rings. The normalized spacial score (nSPS) is 6.33. The summed E-state index contributed by atoms with van der Waals surface area (Å²) in [6.45, 7) is 1.72. The highest BCUT2D eigenvalue weighted by Gasteiger charge is 1.81. The van der Waals surface area contributed by atoms with E-state index in [0.29, 0.717) is 6.42 Å². The average Bonchev–Trinajstić information content (AvgIpc) is 1.38. The minimum atomic E-state index is -0.273. The van der Waals surface area contributed by atoms with Crippen molar-refractivity contribution in [2.75, 3.05) is 0 Å². The topological polar surface area (TPSA) is 52.1 Å². The fourth-order valence-corrected chi connectivity index (χ4v) is 0. The smallest absolute Gasteiger partial charge is 0.221 e. The van der Waals surface area contributed by atoms with Crippen LogP contribution < -0.4 is 6.15 Å². The Balaban J connectivity index is 0. The predicted octanol–water partition coefficient (Wildman–Crippen LogP) is 1.32. The Kier molecular flexibility index (Phi) is 7.65. The summed E-state index contributed by atoms with van der Waals surface area (Å²) in [6, 6.07) is 0. The third kappa shape index (κ3) is 9.07. The van der Waals surface area contributed by atoms with Gasteiger partial charge in [-0.2, -0.15) is 0 Å². The van der Waals surface area contributed by atoms with Crippen molar-refractivity contribution in [1.82, 2.24) is 6.15 Å². The summed E-state index contributed by atoms with van der Waals surface area (Å²) in [5.41, 5.74) is 0. The number of hydrogen-bond donors (Lipinski definition) is 1. The number of carbonyl (C=O) groups excluding carboxylic acids is 1. The molecule has 3 heteroatoms. The summed E-state index contributed by atoms with van der Waals surface area (Å²) in [5, 5.41) is -0.273. The maximum atomic E-state index is 9.58. The van der Waals surface area contributed by atoms with Crippen LogP contribution in [0.25, 0.3) is 0 Å². The van der Waals surface area contributed by atoms with E-state index < -0.39 is 0 Å². The van der Waals surface area contributed by atoms with E-state index in [-0.39, 0.29) is 11.4 Å². The number of halogens is 1. The summed E-state index contributed by atoms with van der Waals surface area (Å²) in [5.74, 6) is 0. The van der Waals surface area contributed by atoms with Gasteiger partial charge in [0.15, 0.2) is 0 Å². The molecule has 38 valence electrons. The van der Waals surface area contributed by atoms with Gasteiger partial charge in [0.1, 0.15) is 0 Å². The van der Waals surface area contributed by atoms with Gasteiger partial charge in [-0.1, -0.05) is 6.92 Å². The van der Waals surface area contributed by atoms with Crippen LogP contribution in [0.2, 0.25) is 0 Å². The summed E-state index contributed by atoms with van der Waals surface area (Å²) in [6.07, 6.45) is 0.432. The maximum Gasteiger partial charge on any atom is 0.221 e. The largest absolute Gasteiger partial charge is 0.344 e. The van der Waals surface area contributed by atoms with Gasteiger partial charge in [-0.05, 0) is 11.6 Å². The fraction of sp³-hybridized carbons (Fsp3) is 0.667. The van der Waals surface area contributed by atoms with Crippen molar-refractivity contribution in [3.8, 4) is 0 Å². The number of rotatable bonds is 1. The van der Waals surface area contributed by atoms with Crippen molar-refractivity contribution in [1.29, 1.82) is 0 Å². The van der Waals surface area contributed by atoms with Crippen LogP contribution in [0.3, 0.4) is 0 Å². The minimum absolute atomic E-state index is 0. The third-order valence-corrected chi connectivity index (χ3v) is 0.545. The Hall–Kier alpha value is -0.0800. The molecule has 0 aromatic carbocycles. The van der Waals surface area contributed by atoms with E-state index in [0.717, 1.165) is 0 Å². The van der Waals surface area contributed by atoms with Crippen LogP contribution in [0.15, 0.2) is 0 Å². The Morgan fingerprint density at radius 2 is 2.00 bits per heavy atom. The molecule has 0 unspecified atom stereocenters. The molecule has 0 bridgehead atoms. The average molecular weight is 110 g/mol. The maximum absolute atomic E-state index is 9.58. The lowest BCUT2D eigenvalue weighted by Crippen LogP contribution is -1.74. The Morgan fingerprint density at radius 1 is 1.83 bits per heavy atom. The third-order valence-electron chi connectivity index (χ3n) is 0.278. The van der Waals surface area contributed by atoms with Crippen molar-refractivity contribution < 1.29 is 4.79 Å². The van der Waals surface area contributed by atoms with E-state index >= 15 is 0 Å². The van der Waals surface area contributed by atoms with Gasteiger partial charge in [0.05, 0.1) is 0 Å².